The highest BCUT2D eigenvalue weighted by atomic mass is 32.2. The van der Waals surface area contributed by atoms with Gasteiger partial charge in [0.2, 0.25) is 5.91 Å². The van der Waals surface area contributed by atoms with Crippen LogP contribution in [-0.2, 0) is 30.5 Å². The standard InChI is InChI=1S/C32H45N3O6S/c1-5-7-8-9-10-17-28(37)42-18-12-11-16-25-20-27(36)33-21-23-14-13-15-24(19-23)30(38)34-26(6-2)31(39)35-29(22(3)4)32(40)41-25/h6,11,13-16,19,22,25,29H,5,7-10,12,17-18,20-21H2,1-4H3,(H,33,36)(H,34,38)(H,35,39)/t25-,29+/m1/s1. The number of nitrogens with one attached hydrogen (secondary N) is 3. The number of hydrogen-bond acceptors (Lipinski definition) is 7. The summed E-state index contributed by atoms with van der Waals surface area (Å²) >= 11 is 1.29. The van der Waals surface area contributed by atoms with Gasteiger partial charge in [0.05, 0.1) is 6.42 Å². The summed E-state index contributed by atoms with van der Waals surface area (Å²) in [7, 11) is 0. The van der Waals surface area contributed by atoms with Gasteiger partial charge >= 0.3 is 5.97 Å². The van der Waals surface area contributed by atoms with Crippen LogP contribution in [0.2, 0.25) is 0 Å². The lowest BCUT2D eigenvalue weighted by molar-refractivity contribution is -0.153. The molecular weight excluding hydrogens is 554 g/mol. The van der Waals surface area contributed by atoms with E-state index in [4.69, 9.17) is 4.74 Å². The lowest BCUT2D eigenvalue weighted by atomic mass is 10.0. The first-order valence-electron chi connectivity index (χ1n) is 14.8. The molecule has 0 saturated carbocycles. The van der Waals surface area contributed by atoms with Gasteiger partial charge in [0.15, 0.2) is 5.12 Å². The Morgan fingerprint density at radius 3 is 2.57 bits per heavy atom. The van der Waals surface area contributed by atoms with Gasteiger partial charge in [-0.3, -0.25) is 19.2 Å². The third-order valence-corrected chi connectivity index (χ3v) is 7.67. The number of hydrogen-bond donors (Lipinski definition) is 3. The van der Waals surface area contributed by atoms with Crippen LogP contribution in [0.1, 0.15) is 95.0 Å². The zero-order valence-electron chi connectivity index (χ0n) is 25.2. The first-order valence-corrected chi connectivity index (χ1v) is 15.8. The van der Waals surface area contributed by atoms with E-state index in [9.17, 15) is 24.0 Å². The molecule has 2 bridgehead atoms. The normalized spacial score (nSPS) is 19.9. The van der Waals surface area contributed by atoms with Crippen LogP contribution in [0.15, 0.2) is 48.2 Å². The number of thioether (sulfide) groups is 1. The zero-order valence-corrected chi connectivity index (χ0v) is 26.0. The van der Waals surface area contributed by atoms with Crippen LogP contribution in [0, 0.1) is 5.92 Å². The largest absolute Gasteiger partial charge is 0.456 e. The molecule has 0 aliphatic carbocycles. The smallest absolute Gasteiger partial charge is 0.329 e. The molecule has 0 aromatic heterocycles. The van der Waals surface area contributed by atoms with Crippen molar-refractivity contribution in [2.75, 3.05) is 5.75 Å². The van der Waals surface area contributed by atoms with Crippen LogP contribution in [0.4, 0.5) is 0 Å². The highest BCUT2D eigenvalue weighted by Gasteiger charge is 2.29. The summed E-state index contributed by atoms with van der Waals surface area (Å²) in [5.41, 5.74) is 1.04. The lowest BCUT2D eigenvalue weighted by Crippen LogP contribution is -2.48. The summed E-state index contributed by atoms with van der Waals surface area (Å²) < 4.78 is 5.71. The molecule has 3 amide bonds. The number of unbranched alkanes of at least 4 members (excludes halogenated alkanes) is 4. The van der Waals surface area contributed by atoms with E-state index in [0.717, 1.165) is 19.3 Å². The van der Waals surface area contributed by atoms with E-state index >= 15 is 0 Å². The van der Waals surface area contributed by atoms with E-state index in [1.54, 1.807) is 51.1 Å². The fraction of sp³-hybridized carbons (Fsp3) is 0.531. The number of carbonyl (C=O) groups is 5. The molecule has 2 rings (SSSR count). The molecule has 1 aromatic rings. The summed E-state index contributed by atoms with van der Waals surface area (Å²) in [4.78, 5) is 63.9. The number of cyclic esters (lactones) is 1. The maximum absolute atomic E-state index is 13.2. The number of amides is 3. The Morgan fingerprint density at radius 2 is 1.86 bits per heavy atom. The first-order chi connectivity index (χ1) is 20.1. The number of rotatable bonds is 11. The van der Waals surface area contributed by atoms with Gasteiger partial charge in [-0.1, -0.05) is 82.5 Å². The van der Waals surface area contributed by atoms with Crippen molar-refractivity contribution in [3.05, 3.63) is 59.3 Å². The second-order valence-electron chi connectivity index (χ2n) is 10.6. The number of benzene rings is 1. The maximum atomic E-state index is 13.2. The minimum absolute atomic E-state index is 0.00806. The van der Waals surface area contributed by atoms with E-state index in [1.807, 2.05) is 6.08 Å². The monoisotopic (exact) mass is 599 g/mol. The van der Waals surface area contributed by atoms with Gasteiger partial charge in [0.1, 0.15) is 17.8 Å². The quantitative estimate of drug-likeness (QED) is 0.142. The SMILES string of the molecule is CC=C1NC(=O)c2cccc(c2)CNC(=O)C[C@@H](C=CCCSC(=O)CCCCCCC)OC(=O)[C@H](C(C)C)NC1=O. The third kappa shape index (κ3) is 12.6. The van der Waals surface area contributed by atoms with E-state index in [0.29, 0.717) is 29.7 Å². The molecule has 42 heavy (non-hydrogen) atoms. The molecule has 9 nitrogen and oxygen atoms in total. The Kier molecular flexibility index (Phi) is 15.7. The maximum Gasteiger partial charge on any atom is 0.329 e. The van der Waals surface area contributed by atoms with Crippen LogP contribution in [0.25, 0.3) is 0 Å². The zero-order chi connectivity index (χ0) is 30.9. The molecule has 0 fully saturated rings. The van der Waals surface area contributed by atoms with Crippen molar-refractivity contribution in [2.24, 2.45) is 5.92 Å². The molecule has 0 radical (unpaired) electrons. The lowest BCUT2D eigenvalue weighted by Gasteiger charge is -2.24. The molecule has 1 aliphatic rings. The summed E-state index contributed by atoms with van der Waals surface area (Å²) in [6, 6.07) is 5.73. The van der Waals surface area contributed by atoms with Crippen molar-refractivity contribution in [1.82, 2.24) is 16.0 Å². The number of carbonyl (C=O) groups excluding carboxylic acids is 5. The first kappa shape index (κ1) is 34.8. The van der Waals surface area contributed by atoms with Crippen LogP contribution < -0.4 is 16.0 Å². The van der Waals surface area contributed by atoms with Crippen molar-refractivity contribution >= 4 is 40.6 Å². The molecular formula is C32H45N3O6S. The molecule has 1 heterocycles. The highest BCUT2D eigenvalue weighted by molar-refractivity contribution is 8.13. The van der Waals surface area contributed by atoms with Crippen LogP contribution >= 0.6 is 11.8 Å². The van der Waals surface area contributed by atoms with Crippen LogP contribution in [0.3, 0.4) is 0 Å². The fourth-order valence-electron chi connectivity index (χ4n) is 4.25. The van der Waals surface area contributed by atoms with Crippen LogP contribution in [0.5, 0.6) is 0 Å². The van der Waals surface area contributed by atoms with Gasteiger partial charge in [0, 0.05) is 24.3 Å². The van der Waals surface area contributed by atoms with E-state index in [-0.39, 0.29) is 35.6 Å². The van der Waals surface area contributed by atoms with Gasteiger partial charge in [-0.2, -0.15) is 0 Å². The van der Waals surface area contributed by atoms with Crippen molar-refractivity contribution in [3.63, 3.8) is 0 Å². The second kappa shape index (κ2) is 18.9. The third-order valence-electron chi connectivity index (χ3n) is 6.70. The number of fused-ring (bicyclic) bond motifs is 2. The Labute approximate surface area is 253 Å². The summed E-state index contributed by atoms with van der Waals surface area (Å²) in [5.74, 6) is -1.87. The predicted molar refractivity (Wildman–Crippen MR) is 165 cm³/mol. The highest BCUT2D eigenvalue weighted by Crippen LogP contribution is 2.15. The predicted octanol–water partition coefficient (Wildman–Crippen LogP) is 4.96. The van der Waals surface area contributed by atoms with Crippen LogP contribution in [-0.4, -0.2) is 46.7 Å². The topological polar surface area (TPSA) is 131 Å². The average Bonchev–Trinajstić information content (AvgIpc) is 2.96. The van der Waals surface area contributed by atoms with Crippen molar-refractivity contribution < 1.29 is 28.7 Å². The number of allylic oxidation sites excluding steroid dienone is 2. The average molecular weight is 600 g/mol. The van der Waals surface area contributed by atoms with Gasteiger partial charge < -0.3 is 20.7 Å². The second-order valence-corrected chi connectivity index (χ2v) is 11.8. The molecule has 10 heteroatoms. The summed E-state index contributed by atoms with van der Waals surface area (Å²) in [6.45, 7) is 7.48. The molecule has 3 N–H and O–H groups in total. The van der Waals surface area contributed by atoms with E-state index in [2.05, 4.69) is 22.9 Å². The Bertz CT molecular complexity index is 1150. The van der Waals surface area contributed by atoms with Gasteiger partial charge in [-0.05, 0) is 49.5 Å². The number of ether oxygens (including phenoxy) is 1. The summed E-state index contributed by atoms with van der Waals surface area (Å²) in [5, 5.41) is 8.25. The van der Waals surface area contributed by atoms with Gasteiger partial charge in [-0.15, -0.1) is 0 Å². The van der Waals surface area contributed by atoms with Crippen molar-refractivity contribution in [2.45, 2.75) is 97.8 Å². The van der Waals surface area contributed by atoms with E-state index < -0.39 is 29.9 Å². The number of esters is 1. The van der Waals surface area contributed by atoms with Crippen molar-refractivity contribution in [1.29, 1.82) is 0 Å². The minimum Gasteiger partial charge on any atom is -0.456 e. The molecule has 230 valence electrons. The molecule has 1 aromatic carbocycles. The van der Waals surface area contributed by atoms with Gasteiger partial charge in [-0.25, -0.2) is 4.79 Å². The Balaban J connectivity index is 2.13. The fourth-order valence-corrected chi connectivity index (χ4v) is 5.02. The molecule has 0 spiro atoms. The molecule has 2 atom stereocenters. The van der Waals surface area contributed by atoms with E-state index in [1.165, 1.54) is 30.7 Å². The minimum atomic E-state index is -1.01. The molecule has 0 unspecified atom stereocenters. The molecule has 1 aliphatic heterocycles. The summed E-state index contributed by atoms with van der Waals surface area (Å²) in [6.07, 6.45) is 10.6. The molecule has 0 saturated heterocycles. The Morgan fingerprint density at radius 1 is 1.10 bits per heavy atom. The van der Waals surface area contributed by atoms with Crippen molar-refractivity contribution in [3.8, 4) is 0 Å². The van der Waals surface area contributed by atoms with Gasteiger partial charge in [0.25, 0.3) is 11.8 Å². The Hall–Kier alpha value is -3.40.